The molecule has 0 aromatic carbocycles. The van der Waals surface area contributed by atoms with E-state index in [0.717, 1.165) is 0 Å². The highest BCUT2D eigenvalue weighted by Crippen LogP contribution is 1.94. The number of hydrogen-bond acceptors (Lipinski definition) is 3. The number of nitrogens with zero attached hydrogens (tertiary/aromatic N) is 1. The van der Waals surface area contributed by atoms with Crippen molar-refractivity contribution in [2.45, 2.75) is 19.8 Å². The molecular formula is C8H17NO3S. The Kier molecular flexibility index (Phi) is 4.98. The molecule has 13 heavy (non-hydrogen) atoms. The largest absolute Gasteiger partial charge is 0.346 e. The maximum atomic E-state index is 11.0. The average Bonchev–Trinajstić information content (AvgIpc) is 2.00. The Morgan fingerprint density at radius 1 is 1.38 bits per heavy atom. The Morgan fingerprint density at radius 2 is 1.92 bits per heavy atom. The van der Waals surface area contributed by atoms with Crippen LogP contribution in [0, 0.1) is 0 Å². The zero-order valence-electron chi connectivity index (χ0n) is 8.41. The van der Waals surface area contributed by atoms with Crippen molar-refractivity contribution in [2.24, 2.45) is 0 Å². The van der Waals surface area contributed by atoms with Crippen LogP contribution < -0.4 is 0 Å². The van der Waals surface area contributed by atoms with Crippen LogP contribution in [0.1, 0.15) is 19.8 Å². The van der Waals surface area contributed by atoms with Crippen LogP contribution in [-0.2, 0) is 14.6 Å². The van der Waals surface area contributed by atoms with Crippen LogP contribution in [0.5, 0.6) is 0 Å². The molecule has 78 valence electrons. The predicted molar refractivity (Wildman–Crippen MR) is 52.3 cm³/mol. The zero-order valence-corrected chi connectivity index (χ0v) is 9.23. The molecule has 0 aromatic rings. The number of rotatable bonds is 5. The van der Waals surface area contributed by atoms with E-state index in [9.17, 15) is 13.2 Å². The van der Waals surface area contributed by atoms with Crippen LogP contribution >= 0.6 is 0 Å². The van der Waals surface area contributed by atoms with Gasteiger partial charge in [-0.2, -0.15) is 0 Å². The van der Waals surface area contributed by atoms with E-state index in [-0.39, 0.29) is 11.7 Å². The fraction of sp³-hybridized carbons (Fsp3) is 0.875. The number of carbonyl (C=O) groups is 1. The summed E-state index contributed by atoms with van der Waals surface area (Å²) in [4.78, 5) is 12.6. The molecule has 0 atom stereocenters. The van der Waals surface area contributed by atoms with E-state index in [0.29, 0.717) is 19.4 Å². The van der Waals surface area contributed by atoms with Crippen molar-refractivity contribution < 1.29 is 13.2 Å². The lowest BCUT2D eigenvalue weighted by Crippen LogP contribution is -2.27. The van der Waals surface area contributed by atoms with E-state index < -0.39 is 9.84 Å². The summed E-state index contributed by atoms with van der Waals surface area (Å²) in [6.45, 7) is 2.30. The Balaban J connectivity index is 3.72. The Morgan fingerprint density at radius 3 is 2.31 bits per heavy atom. The van der Waals surface area contributed by atoms with Gasteiger partial charge < -0.3 is 4.90 Å². The summed E-state index contributed by atoms with van der Waals surface area (Å²) in [5, 5.41) is 0. The van der Waals surface area contributed by atoms with E-state index in [2.05, 4.69) is 0 Å². The standard InChI is InChI=1S/C8H17NO3S/c1-4-8(10)9(2)6-5-7-13(3,11)12/h4-7H2,1-3H3. The molecule has 4 nitrogen and oxygen atoms in total. The molecule has 5 heteroatoms. The van der Waals surface area contributed by atoms with Gasteiger partial charge in [0, 0.05) is 26.3 Å². The van der Waals surface area contributed by atoms with Crippen LogP contribution in [0.25, 0.3) is 0 Å². The molecule has 0 saturated carbocycles. The zero-order chi connectivity index (χ0) is 10.5. The summed E-state index contributed by atoms with van der Waals surface area (Å²) in [6.07, 6.45) is 2.19. The van der Waals surface area contributed by atoms with Gasteiger partial charge in [-0.1, -0.05) is 6.92 Å². The first-order valence-corrected chi connectivity index (χ1v) is 6.34. The van der Waals surface area contributed by atoms with Crippen molar-refractivity contribution in [1.82, 2.24) is 4.90 Å². The van der Waals surface area contributed by atoms with Crippen molar-refractivity contribution in [2.75, 3.05) is 25.6 Å². The van der Waals surface area contributed by atoms with E-state index in [1.54, 1.807) is 18.9 Å². The van der Waals surface area contributed by atoms with Crippen molar-refractivity contribution in [1.29, 1.82) is 0 Å². The molecule has 0 unspecified atom stereocenters. The van der Waals surface area contributed by atoms with Crippen LogP contribution in [0.4, 0.5) is 0 Å². The molecule has 0 aliphatic rings. The Bertz CT molecular complexity index is 259. The molecule has 0 radical (unpaired) electrons. The smallest absolute Gasteiger partial charge is 0.222 e. The highest BCUT2D eigenvalue weighted by atomic mass is 32.2. The van der Waals surface area contributed by atoms with Gasteiger partial charge in [-0.05, 0) is 6.42 Å². The maximum Gasteiger partial charge on any atom is 0.222 e. The molecule has 0 heterocycles. The second-order valence-electron chi connectivity index (χ2n) is 3.15. The number of sulfone groups is 1. The second-order valence-corrected chi connectivity index (χ2v) is 5.41. The van der Waals surface area contributed by atoms with Gasteiger partial charge in [-0.3, -0.25) is 4.79 Å². The highest BCUT2D eigenvalue weighted by molar-refractivity contribution is 7.90. The summed E-state index contributed by atoms with van der Waals surface area (Å²) in [5.74, 6) is 0.197. The lowest BCUT2D eigenvalue weighted by Gasteiger charge is -2.15. The molecule has 0 bridgehead atoms. The number of hydrogen-bond donors (Lipinski definition) is 0. The lowest BCUT2D eigenvalue weighted by molar-refractivity contribution is -0.129. The van der Waals surface area contributed by atoms with Gasteiger partial charge in [0.1, 0.15) is 9.84 Å². The normalized spacial score (nSPS) is 11.3. The topological polar surface area (TPSA) is 54.5 Å². The monoisotopic (exact) mass is 207 g/mol. The third-order valence-electron chi connectivity index (χ3n) is 1.74. The van der Waals surface area contributed by atoms with Crippen molar-refractivity contribution >= 4 is 15.7 Å². The molecule has 0 rings (SSSR count). The minimum absolute atomic E-state index is 0.0495. The van der Waals surface area contributed by atoms with Gasteiger partial charge in [0.05, 0.1) is 5.75 Å². The van der Waals surface area contributed by atoms with Crippen molar-refractivity contribution in [3.8, 4) is 0 Å². The first kappa shape index (κ1) is 12.4. The highest BCUT2D eigenvalue weighted by Gasteiger charge is 2.07. The van der Waals surface area contributed by atoms with E-state index in [4.69, 9.17) is 0 Å². The predicted octanol–water partition coefficient (Wildman–Crippen LogP) is 0.290. The summed E-state index contributed by atoms with van der Waals surface area (Å²) < 4.78 is 21.5. The maximum absolute atomic E-state index is 11.0. The molecule has 1 amide bonds. The van der Waals surface area contributed by atoms with Gasteiger partial charge in [0.15, 0.2) is 0 Å². The molecule has 0 aliphatic heterocycles. The number of carbonyl (C=O) groups excluding carboxylic acids is 1. The summed E-state index contributed by atoms with van der Waals surface area (Å²) >= 11 is 0. The van der Waals surface area contributed by atoms with Crippen LogP contribution in [0.3, 0.4) is 0 Å². The van der Waals surface area contributed by atoms with Crippen molar-refractivity contribution in [3.63, 3.8) is 0 Å². The van der Waals surface area contributed by atoms with E-state index >= 15 is 0 Å². The van der Waals surface area contributed by atoms with Crippen molar-refractivity contribution in [3.05, 3.63) is 0 Å². The summed E-state index contributed by atoms with van der Waals surface area (Å²) in [5.41, 5.74) is 0. The molecule has 0 saturated heterocycles. The fourth-order valence-corrected chi connectivity index (χ4v) is 1.61. The molecule has 0 spiro atoms. The van der Waals surface area contributed by atoms with E-state index in [1.165, 1.54) is 6.26 Å². The first-order valence-electron chi connectivity index (χ1n) is 4.28. The first-order chi connectivity index (χ1) is 5.87. The Hall–Kier alpha value is -0.580. The minimum atomic E-state index is -2.89. The Labute approximate surface area is 79.8 Å². The molecule has 0 aromatic heterocycles. The van der Waals surface area contributed by atoms with Crippen LogP contribution in [0.15, 0.2) is 0 Å². The summed E-state index contributed by atoms with van der Waals surface area (Å²) in [6, 6.07) is 0. The summed E-state index contributed by atoms with van der Waals surface area (Å²) in [7, 11) is -1.20. The molecular weight excluding hydrogens is 190 g/mol. The molecule has 0 fully saturated rings. The van der Waals surface area contributed by atoms with Gasteiger partial charge >= 0.3 is 0 Å². The SMILES string of the molecule is CCC(=O)N(C)CCCS(C)(=O)=O. The number of amides is 1. The third kappa shape index (κ3) is 6.57. The third-order valence-corrected chi connectivity index (χ3v) is 2.77. The van der Waals surface area contributed by atoms with Gasteiger partial charge in [-0.25, -0.2) is 8.42 Å². The van der Waals surface area contributed by atoms with Gasteiger partial charge in [0.25, 0.3) is 0 Å². The molecule has 0 N–H and O–H groups in total. The van der Waals surface area contributed by atoms with Crippen LogP contribution in [0.2, 0.25) is 0 Å². The lowest BCUT2D eigenvalue weighted by atomic mass is 10.4. The molecule has 0 aliphatic carbocycles. The minimum Gasteiger partial charge on any atom is -0.346 e. The van der Waals surface area contributed by atoms with Gasteiger partial charge in [0.2, 0.25) is 5.91 Å². The van der Waals surface area contributed by atoms with Gasteiger partial charge in [-0.15, -0.1) is 0 Å². The second kappa shape index (κ2) is 5.21. The average molecular weight is 207 g/mol. The van der Waals surface area contributed by atoms with Crippen LogP contribution in [-0.4, -0.2) is 44.8 Å². The quantitative estimate of drug-likeness (QED) is 0.651. The fourth-order valence-electron chi connectivity index (χ4n) is 0.959. The van der Waals surface area contributed by atoms with E-state index in [1.807, 2.05) is 0 Å².